The van der Waals surface area contributed by atoms with Crippen LogP contribution in [-0.2, 0) is 24.3 Å². The van der Waals surface area contributed by atoms with E-state index in [1.165, 1.54) is 12.1 Å². The van der Waals surface area contributed by atoms with Gasteiger partial charge in [-0.1, -0.05) is 15.9 Å². The number of hydrogen-bond acceptors (Lipinski definition) is 5. The second-order valence-electron chi connectivity index (χ2n) is 6.03. The lowest BCUT2D eigenvalue weighted by Gasteiger charge is -2.31. The number of piperidine rings is 1. The standard InChI is InChI=1S/C17H23BrN2O5S/c1-2-25-17(22)13-4-3-11-20(12-13)16(21)9-10-19-26(23,24)15-7-5-14(18)6-8-15/h5-8,13,19H,2-4,9-12H2,1H3/t13-/m0/s1. The summed E-state index contributed by atoms with van der Waals surface area (Å²) in [6.07, 6.45) is 1.49. The summed E-state index contributed by atoms with van der Waals surface area (Å²) in [7, 11) is -3.65. The molecule has 0 bridgehead atoms. The van der Waals surface area contributed by atoms with Crippen LogP contribution in [-0.4, -0.2) is 51.4 Å². The van der Waals surface area contributed by atoms with Gasteiger partial charge in [0.15, 0.2) is 0 Å². The average molecular weight is 447 g/mol. The first-order chi connectivity index (χ1) is 12.3. The van der Waals surface area contributed by atoms with E-state index in [4.69, 9.17) is 4.74 Å². The molecule has 1 aliphatic rings. The maximum Gasteiger partial charge on any atom is 0.310 e. The number of nitrogens with one attached hydrogen (secondary N) is 1. The molecule has 1 saturated heterocycles. The zero-order valence-electron chi connectivity index (χ0n) is 14.6. The smallest absolute Gasteiger partial charge is 0.310 e. The summed E-state index contributed by atoms with van der Waals surface area (Å²) in [5, 5.41) is 0. The Morgan fingerprint density at radius 2 is 2.00 bits per heavy atom. The topological polar surface area (TPSA) is 92.8 Å². The molecule has 2 rings (SSSR count). The molecule has 0 aromatic heterocycles. The lowest BCUT2D eigenvalue weighted by atomic mass is 9.98. The highest BCUT2D eigenvalue weighted by Gasteiger charge is 2.29. The van der Waals surface area contributed by atoms with E-state index in [9.17, 15) is 18.0 Å². The van der Waals surface area contributed by atoms with E-state index in [-0.39, 0.29) is 35.7 Å². The van der Waals surface area contributed by atoms with Crippen molar-refractivity contribution in [3.05, 3.63) is 28.7 Å². The fraction of sp³-hybridized carbons (Fsp3) is 0.529. The number of amides is 1. The van der Waals surface area contributed by atoms with E-state index in [0.29, 0.717) is 26.1 Å². The van der Waals surface area contributed by atoms with Gasteiger partial charge in [-0.15, -0.1) is 0 Å². The van der Waals surface area contributed by atoms with Crippen molar-refractivity contribution in [1.82, 2.24) is 9.62 Å². The fourth-order valence-corrected chi connectivity index (χ4v) is 4.10. The molecule has 1 atom stereocenters. The summed E-state index contributed by atoms with van der Waals surface area (Å²) in [4.78, 5) is 25.9. The van der Waals surface area contributed by atoms with Gasteiger partial charge in [-0.2, -0.15) is 0 Å². The quantitative estimate of drug-likeness (QED) is 0.645. The Balaban J connectivity index is 1.84. The van der Waals surface area contributed by atoms with E-state index >= 15 is 0 Å². The van der Waals surface area contributed by atoms with E-state index in [0.717, 1.165) is 10.9 Å². The van der Waals surface area contributed by atoms with Crippen molar-refractivity contribution in [3.8, 4) is 0 Å². The predicted molar refractivity (Wildman–Crippen MR) is 99.9 cm³/mol. The second-order valence-corrected chi connectivity index (χ2v) is 8.72. The number of esters is 1. The zero-order valence-corrected chi connectivity index (χ0v) is 17.0. The van der Waals surface area contributed by atoms with Crippen molar-refractivity contribution in [2.45, 2.75) is 31.1 Å². The number of hydrogen-bond donors (Lipinski definition) is 1. The normalized spacial score (nSPS) is 17.8. The molecule has 1 N–H and O–H groups in total. The molecule has 26 heavy (non-hydrogen) atoms. The largest absolute Gasteiger partial charge is 0.466 e. The molecule has 144 valence electrons. The molecule has 0 aliphatic carbocycles. The molecule has 7 nitrogen and oxygen atoms in total. The number of rotatable bonds is 7. The number of carbonyl (C=O) groups excluding carboxylic acids is 2. The van der Waals surface area contributed by atoms with E-state index in [1.54, 1.807) is 24.0 Å². The Labute approximate surface area is 162 Å². The van der Waals surface area contributed by atoms with Gasteiger partial charge in [0.2, 0.25) is 15.9 Å². The van der Waals surface area contributed by atoms with Gasteiger partial charge in [0.05, 0.1) is 17.4 Å². The van der Waals surface area contributed by atoms with E-state index < -0.39 is 10.0 Å². The third-order valence-electron chi connectivity index (χ3n) is 4.15. The molecular formula is C17H23BrN2O5S. The molecular weight excluding hydrogens is 424 g/mol. The van der Waals surface area contributed by atoms with Crippen molar-refractivity contribution in [1.29, 1.82) is 0 Å². The summed E-state index contributed by atoms with van der Waals surface area (Å²) in [6.45, 7) is 2.99. The lowest BCUT2D eigenvalue weighted by Crippen LogP contribution is -2.43. The lowest BCUT2D eigenvalue weighted by molar-refractivity contribution is -0.151. The van der Waals surface area contributed by atoms with Crippen LogP contribution < -0.4 is 4.72 Å². The Morgan fingerprint density at radius 3 is 2.65 bits per heavy atom. The van der Waals surface area contributed by atoms with Gasteiger partial charge in [0.1, 0.15) is 0 Å². The number of sulfonamides is 1. The van der Waals surface area contributed by atoms with Crippen molar-refractivity contribution in [2.75, 3.05) is 26.2 Å². The van der Waals surface area contributed by atoms with Crippen molar-refractivity contribution in [2.24, 2.45) is 5.92 Å². The number of benzene rings is 1. The number of nitrogens with zero attached hydrogens (tertiary/aromatic N) is 1. The average Bonchev–Trinajstić information content (AvgIpc) is 2.62. The van der Waals surface area contributed by atoms with E-state index in [1.807, 2.05) is 0 Å². The van der Waals surface area contributed by atoms with E-state index in [2.05, 4.69) is 20.7 Å². The van der Waals surface area contributed by atoms with Crippen LogP contribution in [0.25, 0.3) is 0 Å². The molecule has 1 amide bonds. The first-order valence-corrected chi connectivity index (χ1v) is 10.8. The first-order valence-electron chi connectivity index (χ1n) is 8.53. The minimum absolute atomic E-state index is 0.0117. The van der Waals surface area contributed by atoms with Gasteiger partial charge >= 0.3 is 5.97 Å². The first kappa shape index (κ1) is 20.9. The minimum atomic E-state index is -3.65. The predicted octanol–water partition coefficient (Wildman–Crippen LogP) is 1.92. The van der Waals surface area contributed by atoms with Crippen LogP contribution in [0.3, 0.4) is 0 Å². The summed E-state index contributed by atoms with van der Waals surface area (Å²) < 4.78 is 32.6. The SMILES string of the molecule is CCOC(=O)[C@H]1CCCN(C(=O)CCNS(=O)(=O)c2ccc(Br)cc2)C1. The number of ether oxygens (including phenoxy) is 1. The third kappa shape index (κ3) is 5.78. The summed E-state index contributed by atoms with van der Waals surface area (Å²) in [5.74, 6) is -0.745. The van der Waals surface area contributed by atoms with Crippen molar-refractivity contribution >= 4 is 37.8 Å². The fourth-order valence-electron chi connectivity index (χ4n) is 2.80. The van der Waals surface area contributed by atoms with Crippen LogP contribution in [0.5, 0.6) is 0 Å². The summed E-state index contributed by atoms with van der Waals surface area (Å²) in [5.41, 5.74) is 0. The number of carbonyl (C=O) groups is 2. The number of halogens is 1. The Morgan fingerprint density at radius 1 is 1.31 bits per heavy atom. The van der Waals surface area contributed by atoms with Gasteiger partial charge in [-0.3, -0.25) is 9.59 Å². The van der Waals surface area contributed by atoms with Crippen LogP contribution in [0.1, 0.15) is 26.2 Å². The minimum Gasteiger partial charge on any atom is -0.466 e. The third-order valence-corrected chi connectivity index (χ3v) is 6.15. The van der Waals surface area contributed by atoms with Gasteiger partial charge in [0, 0.05) is 30.5 Å². The van der Waals surface area contributed by atoms with Crippen molar-refractivity contribution < 1.29 is 22.7 Å². The molecule has 1 aromatic rings. The molecule has 9 heteroatoms. The molecule has 1 fully saturated rings. The highest BCUT2D eigenvalue weighted by Crippen LogP contribution is 2.19. The highest BCUT2D eigenvalue weighted by atomic mass is 79.9. The molecule has 0 spiro atoms. The highest BCUT2D eigenvalue weighted by molar-refractivity contribution is 9.10. The van der Waals surface area contributed by atoms with Crippen LogP contribution in [0.15, 0.2) is 33.6 Å². The van der Waals surface area contributed by atoms with Gasteiger partial charge in [-0.05, 0) is 44.0 Å². The summed E-state index contributed by atoms with van der Waals surface area (Å²) >= 11 is 3.25. The maximum atomic E-state index is 12.3. The molecule has 1 aliphatic heterocycles. The summed E-state index contributed by atoms with van der Waals surface area (Å²) in [6, 6.07) is 6.26. The monoisotopic (exact) mass is 446 g/mol. The van der Waals surface area contributed by atoms with Crippen LogP contribution in [0, 0.1) is 5.92 Å². The Hall–Kier alpha value is -1.45. The molecule has 0 saturated carbocycles. The molecule has 0 radical (unpaired) electrons. The zero-order chi connectivity index (χ0) is 19.2. The van der Waals surface area contributed by atoms with Crippen LogP contribution >= 0.6 is 15.9 Å². The van der Waals surface area contributed by atoms with Crippen molar-refractivity contribution in [3.63, 3.8) is 0 Å². The van der Waals surface area contributed by atoms with Gasteiger partial charge in [-0.25, -0.2) is 13.1 Å². The maximum absolute atomic E-state index is 12.3. The Bertz CT molecular complexity index is 736. The molecule has 0 unspecified atom stereocenters. The number of likely N-dealkylation sites (tertiary alicyclic amines) is 1. The second kappa shape index (κ2) is 9.48. The van der Waals surface area contributed by atoms with Crippen LogP contribution in [0.4, 0.5) is 0 Å². The van der Waals surface area contributed by atoms with Gasteiger partial charge < -0.3 is 9.64 Å². The van der Waals surface area contributed by atoms with Crippen LogP contribution in [0.2, 0.25) is 0 Å². The molecule has 1 heterocycles. The van der Waals surface area contributed by atoms with Gasteiger partial charge in [0.25, 0.3) is 0 Å². The Kier molecular flexibility index (Phi) is 7.60. The molecule has 1 aromatic carbocycles.